The van der Waals surface area contributed by atoms with Crippen LogP contribution in [0, 0.1) is 0 Å². The Morgan fingerprint density at radius 2 is 2.05 bits per heavy atom. The molecule has 20 heavy (non-hydrogen) atoms. The number of alkyl halides is 1. The van der Waals surface area contributed by atoms with E-state index in [1.807, 2.05) is 38.1 Å². The highest BCUT2D eigenvalue weighted by Gasteiger charge is 2.19. The van der Waals surface area contributed by atoms with E-state index in [0.717, 1.165) is 11.3 Å². The number of hydrogen-bond acceptors (Lipinski definition) is 3. The lowest BCUT2D eigenvalue weighted by molar-refractivity contribution is 0.1000. The zero-order valence-electron chi connectivity index (χ0n) is 11.4. The van der Waals surface area contributed by atoms with Gasteiger partial charge in [-0.1, -0.05) is 26.0 Å². The zero-order valence-corrected chi connectivity index (χ0v) is 11.4. The maximum absolute atomic E-state index is 12.9. The van der Waals surface area contributed by atoms with Crippen molar-refractivity contribution in [1.82, 2.24) is 9.89 Å². The van der Waals surface area contributed by atoms with E-state index in [1.165, 1.54) is 17.2 Å². The molecular formula is C14H17FN4O. The SMILES string of the molecule is CC(C)(CF)c1ccc(Nn2cc(C(N)=O)cn2)cc1. The number of anilines is 1. The second-order valence-electron chi connectivity index (χ2n) is 5.24. The van der Waals surface area contributed by atoms with Crippen molar-refractivity contribution in [3.63, 3.8) is 0 Å². The lowest BCUT2D eigenvalue weighted by atomic mass is 9.86. The van der Waals surface area contributed by atoms with Crippen LogP contribution in [0.2, 0.25) is 0 Å². The molecule has 106 valence electrons. The Kier molecular flexibility index (Phi) is 3.74. The van der Waals surface area contributed by atoms with Crippen LogP contribution in [0.1, 0.15) is 29.8 Å². The molecule has 0 aliphatic rings. The topological polar surface area (TPSA) is 72.9 Å². The summed E-state index contributed by atoms with van der Waals surface area (Å²) in [6.07, 6.45) is 2.89. The van der Waals surface area contributed by atoms with Crippen molar-refractivity contribution in [3.05, 3.63) is 47.8 Å². The molecule has 2 rings (SSSR count). The van der Waals surface area contributed by atoms with Crippen LogP contribution in [-0.4, -0.2) is 22.5 Å². The summed E-state index contributed by atoms with van der Waals surface area (Å²) in [5.41, 5.74) is 9.66. The number of nitrogens with one attached hydrogen (secondary N) is 1. The Morgan fingerprint density at radius 1 is 1.40 bits per heavy atom. The van der Waals surface area contributed by atoms with Crippen LogP contribution in [0.5, 0.6) is 0 Å². The van der Waals surface area contributed by atoms with Crippen molar-refractivity contribution in [2.45, 2.75) is 19.3 Å². The van der Waals surface area contributed by atoms with Crippen LogP contribution in [-0.2, 0) is 5.41 Å². The van der Waals surface area contributed by atoms with Crippen LogP contribution in [0.4, 0.5) is 10.1 Å². The summed E-state index contributed by atoms with van der Waals surface area (Å²) >= 11 is 0. The highest BCUT2D eigenvalue weighted by atomic mass is 19.1. The van der Waals surface area contributed by atoms with Crippen molar-refractivity contribution in [1.29, 1.82) is 0 Å². The molecule has 0 aliphatic heterocycles. The summed E-state index contributed by atoms with van der Waals surface area (Å²) in [4.78, 5) is 12.4. The van der Waals surface area contributed by atoms with Gasteiger partial charge in [-0.3, -0.25) is 14.6 Å². The summed E-state index contributed by atoms with van der Waals surface area (Å²) in [5.74, 6) is -0.530. The van der Waals surface area contributed by atoms with Gasteiger partial charge in [0.15, 0.2) is 0 Å². The van der Waals surface area contributed by atoms with Crippen LogP contribution < -0.4 is 11.2 Å². The third-order valence-electron chi connectivity index (χ3n) is 3.11. The zero-order chi connectivity index (χ0) is 14.8. The molecule has 1 heterocycles. The minimum Gasteiger partial charge on any atom is -0.365 e. The monoisotopic (exact) mass is 276 g/mol. The minimum atomic E-state index is -0.530. The molecule has 0 spiro atoms. The number of benzene rings is 1. The van der Waals surface area contributed by atoms with Crippen LogP contribution >= 0.6 is 0 Å². The van der Waals surface area contributed by atoms with Crippen molar-refractivity contribution < 1.29 is 9.18 Å². The fraction of sp³-hybridized carbons (Fsp3) is 0.286. The van der Waals surface area contributed by atoms with Crippen molar-refractivity contribution in [2.24, 2.45) is 5.73 Å². The molecule has 0 aliphatic carbocycles. The van der Waals surface area contributed by atoms with Gasteiger partial charge in [0.25, 0.3) is 5.91 Å². The number of nitrogens with zero attached hydrogens (tertiary/aromatic N) is 2. The van der Waals surface area contributed by atoms with E-state index >= 15 is 0 Å². The lowest BCUT2D eigenvalue weighted by Gasteiger charge is -2.21. The number of nitrogens with two attached hydrogens (primary N) is 1. The van der Waals surface area contributed by atoms with Crippen LogP contribution in [0.25, 0.3) is 0 Å². The second kappa shape index (κ2) is 5.32. The van der Waals surface area contributed by atoms with E-state index in [1.54, 1.807) is 0 Å². The number of aromatic nitrogens is 2. The van der Waals surface area contributed by atoms with E-state index in [0.29, 0.717) is 5.56 Å². The first kappa shape index (κ1) is 14.0. The number of carbonyl (C=O) groups is 1. The molecule has 1 aromatic carbocycles. The summed E-state index contributed by atoms with van der Waals surface area (Å²) in [6.45, 7) is 3.28. The van der Waals surface area contributed by atoms with Crippen molar-refractivity contribution >= 4 is 11.6 Å². The summed E-state index contributed by atoms with van der Waals surface area (Å²) < 4.78 is 12.9. The predicted octanol–water partition coefficient (Wildman–Crippen LogP) is 2.10. The predicted molar refractivity (Wildman–Crippen MR) is 75.2 cm³/mol. The van der Waals surface area contributed by atoms with Gasteiger partial charge in [0, 0.05) is 5.41 Å². The average Bonchev–Trinajstić information content (AvgIpc) is 2.88. The van der Waals surface area contributed by atoms with Gasteiger partial charge in [0.1, 0.15) is 0 Å². The molecule has 3 N–H and O–H groups in total. The number of primary amides is 1. The maximum atomic E-state index is 12.9. The van der Waals surface area contributed by atoms with Gasteiger partial charge in [0.2, 0.25) is 0 Å². The van der Waals surface area contributed by atoms with E-state index in [4.69, 9.17) is 5.73 Å². The molecule has 0 radical (unpaired) electrons. The first-order chi connectivity index (χ1) is 9.42. The number of rotatable bonds is 5. The molecule has 1 amide bonds. The molecule has 2 aromatic rings. The average molecular weight is 276 g/mol. The quantitative estimate of drug-likeness (QED) is 0.878. The lowest BCUT2D eigenvalue weighted by Crippen LogP contribution is -2.19. The summed E-state index contributed by atoms with van der Waals surface area (Å²) in [5, 5.41) is 3.96. The van der Waals surface area contributed by atoms with Crippen LogP contribution in [0.15, 0.2) is 36.7 Å². The van der Waals surface area contributed by atoms with E-state index in [2.05, 4.69) is 10.5 Å². The first-order valence-corrected chi connectivity index (χ1v) is 6.20. The summed E-state index contributed by atoms with van der Waals surface area (Å²) in [6, 6.07) is 7.39. The number of amides is 1. The molecule has 0 atom stereocenters. The number of hydrogen-bond donors (Lipinski definition) is 2. The first-order valence-electron chi connectivity index (χ1n) is 6.20. The van der Waals surface area contributed by atoms with E-state index < -0.39 is 18.0 Å². The fourth-order valence-electron chi connectivity index (χ4n) is 1.72. The van der Waals surface area contributed by atoms with Crippen LogP contribution in [0.3, 0.4) is 0 Å². The van der Waals surface area contributed by atoms with Gasteiger partial charge in [-0.2, -0.15) is 9.89 Å². The minimum absolute atomic E-state index is 0.327. The molecule has 0 bridgehead atoms. The van der Waals surface area contributed by atoms with E-state index in [9.17, 15) is 9.18 Å². The Labute approximate surface area is 116 Å². The third kappa shape index (κ3) is 2.96. The summed E-state index contributed by atoms with van der Waals surface area (Å²) in [7, 11) is 0. The standard InChI is InChI=1S/C14H17FN4O/c1-14(2,9-15)11-3-5-12(6-4-11)18-19-8-10(7-17-19)13(16)20/h3-8,18H,9H2,1-2H3,(H2,16,20). The van der Waals surface area contributed by atoms with Gasteiger partial charge in [0.05, 0.1) is 30.3 Å². The Hall–Kier alpha value is -2.37. The smallest absolute Gasteiger partial charge is 0.251 e. The largest absolute Gasteiger partial charge is 0.365 e. The van der Waals surface area contributed by atoms with E-state index in [-0.39, 0.29) is 0 Å². The van der Waals surface area contributed by atoms with Gasteiger partial charge < -0.3 is 5.73 Å². The molecule has 0 saturated heterocycles. The Morgan fingerprint density at radius 3 is 2.55 bits per heavy atom. The molecular weight excluding hydrogens is 259 g/mol. The Balaban J connectivity index is 2.12. The highest BCUT2D eigenvalue weighted by Crippen LogP contribution is 2.24. The Bertz CT molecular complexity index is 604. The molecule has 0 saturated carbocycles. The molecule has 0 unspecified atom stereocenters. The normalized spacial score (nSPS) is 11.3. The van der Waals surface area contributed by atoms with Crippen molar-refractivity contribution in [3.8, 4) is 0 Å². The fourth-order valence-corrected chi connectivity index (χ4v) is 1.72. The maximum Gasteiger partial charge on any atom is 0.251 e. The third-order valence-corrected chi connectivity index (χ3v) is 3.11. The van der Waals surface area contributed by atoms with Crippen molar-refractivity contribution in [2.75, 3.05) is 12.1 Å². The number of carbonyl (C=O) groups excluding carboxylic acids is 1. The van der Waals surface area contributed by atoms with Gasteiger partial charge >= 0.3 is 0 Å². The number of halogens is 1. The van der Waals surface area contributed by atoms with Gasteiger partial charge in [-0.25, -0.2) is 0 Å². The molecule has 0 fully saturated rings. The molecule has 6 heteroatoms. The second-order valence-corrected chi connectivity index (χ2v) is 5.24. The van der Waals surface area contributed by atoms with Gasteiger partial charge in [-0.05, 0) is 17.7 Å². The highest BCUT2D eigenvalue weighted by molar-refractivity contribution is 5.92. The molecule has 5 nitrogen and oxygen atoms in total. The van der Waals surface area contributed by atoms with Gasteiger partial charge in [-0.15, -0.1) is 0 Å². The molecule has 1 aromatic heterocycles.